The number of primary amides is 1. The number of carboxylic acid groups (broad SMARTS) is 1. The molecule has 0 aromatic heterocycles. The van der Waals surface area contributed by atoms with E-state index >= 15 is 0 Å². The normalized spacial score (nSPS) is 15.6. The third kappa shape index (κ3) is 5.04. The Labute approximate surface area is 198 Å². The molecule has 0 aliphatic carbocycles. The van der Waals surface area contributed by atoms with Crippen molar-refractivity contribution in [2.24, 2.45) is 5.73 Å². The zero-order chi connectivity index (χ0) is 23.4. The molecular weight excluding hydrogens is 436 g/mol. The zero-order valence-corrected chi connectivity index (χ0v) is 19.0. The number of anilines is 1. The van der Waals surface area contributed by atoms with Crippen LogP contribution in [-0.2, 0) is 4.79 Å². The molecule has 0 spiro atoms. The molecule has 3 N–H and O–H groups in total. The number of carboxylic acids is 1. The summed E-state index contributed by atoms with van der Waals surface area (Å²) < 4.78 is 0. The van der Waals surface area contributed by atoms with Crippen LogP contribution in [0.3, 0.4) is 0 Å². The van der Waals surface area contributed by atoms with Crippen molar-refractivity contribution in [3.63, 3.8) is 0 Å². The predicted molar refractivity (Wildman–Crippen MR) is 131 cm³/mol. The van der Waals surface area contributed by atoms with Crippen LogP contribution in [0.4, 0.5) is 5.69 Å². The van der Waals surface area contributed by atoms with Gasteiger partial charge in [-0.2, -0.15) is 0 Å². The molecule has 0 saturated carbocycles. The van der Waals surface area contributed by atoms with E-state index in [0.29, 0.717) is 10.6 Å². The van der Waals surface area contributed by atoms with Crippen LogP contribution in [0.2, 0.25) is 5.02 Å². The fourth-order valence-corrected chi connectivity index (χ4v) is 4.98. The second-order valence-corrected chi connectivity index (χ2v) is 8.88. The maximum atomic E-state index is 12.9. The van der Waals surface area contributed by atoms with Crippen molar-refractivity contribution in [3.05, 3.63) is 100 Å². The van der Waals surface area contributed by atoms with Gasteiger partial charge in [0.1, 0.15) is 0 Å². The van der Waals surface area contributed by atoms with Crippen molar-refractivity contribution in [2.75, 3.05) is 18.0 Å². The summed E-state index contributed by atoms with van der Waals surface area (Å²) in [5.74, 6) is -2.57. The lowest BCUT2D eigenvalue weighted by Gasteiger charge is -2.34. The monoisotopic (exact) mass is 462 g/mol. The van der Waals surface area contributed by atoms with E-state index in [9.17, 15) is 14.7 Å². The van der Waals surface area contributed by atoms with E-state index in [2.05, 4.69) is 17.0 Å². The highest BCUT2D eigenvalue weighted by atomic mass is 35.5. The van der Waals surface area contributed by atoms with Crippen LogP contribution in [-0.4, -0.2) is 30.1 Å². The molecule has 1 aliphatic rings. The molecule has 1 saturated heterocycles. The number of hydrogen-bond acceptors (Lipinski definition) is 3. The summed E-state index contributed by atoms with van der Waals surface area (Å²) in [6.45, 7) is 1.93. The first kappa shape index (κ1) is 22.9. The van der Waals surface area contributed by atoms with Crippen LogP contribution in [0.5, 0.6) is 0 Å². The Bertz CT molecular complexity index is 1140. The van der Waals surface area contributed by atoms with Crippen LogP contribution in [0.25, 0.3) is 0 Å². The van der Waals surface area contributed by atoms with Crippen LogP contribution < -0.4 is 10.6 Å². The van der Waals surface area contributed by atoms with Crippen molar-refractivity contribution in [2.45, 2.75) is 31.1 Å². The minimum Gasteiger partial charge on any atom is -0.478 e. The Kier molecular flexibility index (Phi) is 6.99. The lowest BCUT2D eigenvalue weighted by molar-refractivity contribution is -0.119. The molecule has 1 aliphatic heterocycles. The number of nitrogens with zero attached hydrogens (tertiary/aromatic N) is 1. The molecule has 0 radical (unpaired) electrons. The van der Waals surface area contributed by atoms with E-state index in [-0.39, 0.29) is 11.5 Å². The second kappa shape index (κ2) is 10.1. The first-order chi connectivity index (χ1) is 16.0. The molecule has 4 rings (SSSR count). The van der Waals surface area contributed by atoms with Crippen molar-refractivity contribution < 1.29 is 14.7 Å². The highest BCUT2D eigenvalue weighted by Gasteiger charge is 2.33. The average Bonchev–Trinajstić information content (AvgIpc) is 2.83. The molecule has 5 nitrogen and oxygen atoms in total. The number of amides is 1. The SMILES string of the molecule is NC(=O)C(c1ccc(C(=O)O)cc1)C(c1cccc(Cl)c1)c1ccccc1N1CCCCC1. The molecule has 2 atom stereocenters. The molecule has 6 heteroatoms. The Morgan fingerprint density at radius 3 is 2.21 bits per heavy atom. The van der Waals surface area contributed by atoms with Crippen LogP contribution in [0.15, 0.2) is 72.8 Å². The lowest BCUT2D eigenvalue weighted by Crippen LogP contribution is -2.32. The van der Waals surface area contributed by atoms with Gasteiger partial charge in [0.25, 0.3) is 0 Å². The summed E-state index contributed by atoms with van der Waals surface area (Å²) in [5.41, 5.74) is 9.83. The minimum atomic E-state index is -1.01. The van der Waals surface area contributed by atoms with E-state index in [1.54, 1.807) is 18.2 Å². The molecule has 1 fully saturated rings. The summed E-state index contributed by atoms with van der Waals surface area (Å²) in [7, 11) is 0. The third-order valence-corrected chi connectivity index (χ3v) is 6.57. The molecule has 2 unspecified atom stereocenters. The molecule has 1 heterocycles. The third-order valence-electron chi connectivity index (χ3n) is 6.33. The lowest BCUT2D eigenvalue weighted by atomic mass is 9.76. The molecule has 0 bridgehead atoms. The number of aromatic carboxylic acids is 1. The van der Waals surface area contributed by atoms with Gasteiger partial charge in [0.2, 0.25) is 5.91 Å². The largest absolute Gasteiger partial charge is 0.478 e. The van der Waals surface area contributed by atoms with E-state index in [1.807, 2.05) is 30.3 Å². The maximum Gasteiger partial charge on any atom is 0.335 e. The second-order valence-electron chi connectivity index (χ2n) is 8.45. The van der Waals surface area contributed by atoms with E-state index in [4.69, 9.17) is 17.3 Å². The summed E-state index contributed by atoms with van der Waals surface area (Å²) in [6, 6.07) is 22.1. The summed E-state index contributed by atoms with van der Waals surface area (Å²) in [4.78, 5) is 26.7. The molecule has 170 valence electrons. The van der Waals surface area contributed by atoms with Crippen molar-refractivity contribution >= 4 is 29.2 Å². The van der Waals surface area contributed by atoms with Gasteiger partial charge in [-0.1, -0.05) is 54.1 Å². The van der Waals surface area contributed by atoms with Gasteiger partial charge in [-0.3, -0.25) is 4.79 Å². The fourth-order valence-electron chi connectivity index (χ4n) is 4.78. The Hall–Kier alpha value is -3.31. The van der Waals surface area contributed by atoms with Gasteiger partial charge in [-0.25, -0.2) is 4.79 Å². The number of nitrogens with two attached hydrogens (primary N) is 1. The van der Waals surface area contributed by atoms with Crippen LogP contribution in [0.1, 0.15) is 58.1 Å². The van der Waals surface area contributed by atoms with E-state index < -0.39 is 17.8 Å². The van der Waals surface area contributed by atoms with E-state index in [1.165, 1.54) is 18.6 Å². The number of rotatable bonds is 7. The summed E-state index contributed by atoms with van der Waals surface area (Å²) >= 11 is 6.36. The van der Waals surface area contributed by atoms with Gasteiger partial charge in [-0.15, -0.1) is 0 Å². The van der Waals surface area contributed by atoms with Crippen molar-refractivity contribution in [3.8, 4) is 0 Å². The first-order valence-corrected chi connectivity index (χ1v) is 11.6. The topological polar surface area (TPSA) is 83.6 Å². The molecule has 3 aromatic carbocycles. The van der Waals surface area contributed by atoms with Gasteiger partial charge >= 0.3 is 5.97 Å². The van der Waals surface area contributed by atoms with Crippen LogP contribution >= 0.6 is 11.6 Å². The van der Waals surface area contributed by atoms with E-state index in [0.717, 1.165) is 42.7 Å². The minimum absolute atomic E-state index is 0.162. The number of carbonyl (C=O) groups is 2. The highest BCUT2D eigenvalue weighted by molar-refractivity contribution is 6.30. The molecule has 1 amide bonds. The maximum absolute atomic E-state index is 12.9. The number of halogens is 1. The quantitative estimate of drug-likeness (QED) is 0.490. The van der Waals surface area contributed by atoms with Gasteiger partial charge in [0.05, 0.1) is 11.5 Å². The number of para-hydroxylation sites is 1. The van der Waals surface area contributed by atoms with Gasteiger partial charge < -0.3 is 15.7 Å². The highest BCUT2D eigenvalue weighted by Crippen LogP contribution is 2.43. The molecule has 3 aromatic rings. The number of hydrogen-bond donors (Lipinski definition) is 2. The van der Waals surface area contributed by atoms with Crippen molar-refractivity contribution in [1.29, 1.82) is 0 Å². The Balaban J connectivity index is 1.88. The Morgan fingerprint density at radius 1 is 0.879 bits per heavy atom. The number of piperidine rings is 1. The summed E-state index contributed by atoms with van der Waals surface area (Å²) in [5, 5.41) is 9.87. The van der Waals surface area contributed by atoms with Gasteiger partial charge in [0.15, 0.2) is 0 Å². The predicted octanol–water partition coefficient (Wildman–Crippen LogP) is 5.43. The number of benzene rings is 3. The number of carbonyl (C=O) groups excluding carboxylic acids is 1. The van der Waals surface area contributed by atoms with Gasteiger partial charge in [0, 0.05) is 29.7 Å². The zero-order valence-electron chi connectivity index (χ0n) is 18.3. The summed E-state index contributed by atoms with van der Waals surface area (Å²) in [6.07, 6.45) is 3.48. The first-order valence-electron chi connectivity index (χ1n) is 11.2. The molecule has 33 heavy (non-hydrogen) atoms. The smallest absolute Gasteiger partial charge is 0.335 e. The fraction of sp³-hybridized carbons (Fsp3) is 0.259. The van der Waals surface area contributed by atoms with Crippen molar-refractivity contribution in [1.82, 2.24) is 0 Å². The van der Waals surface area contributed by atoms with Crippen LogP contribution in [0, 0.1) is 0 Å². The Morgan fingerprint density at radius 2 is 1.58 bits per heavy atom. The standard InChI is InChI=1S/C27H27ClN2O3/c28-21-8-6-7-20(17-21)24(22-9-2-3-10-23(22)30-15-4-1-5-16-30)25(26(29)31)18-11-13-19(14-12-18)27(32)33/h2-3,6-14,17,24-25H,1,4-5,15-16H2,(H2,29,31)(H,32,33). The average molecular weight is 463 g/mol. The molecular formula is C27H27ClN2O3. The van der Waals surface area contributed by atoms with Gasteiger partial charge in [-0.05, 0) is 66.3 Å².